The molecule has 0 saturated carbocycles. The van der Waals surface area contributed by atoms with Crippen LogP contribution in [-0.4, -0.2) is 23.1 Å². The lowest BCUT2D eigenvalue weighted by atomic mass is 10.0. The first-order chi connectivity index (χ1) is 8.43. The summed E-state index contributed by atoms with van der Waals surface area (Å²) >= 11 is 0. The molecule has 106 valence electrons. The number of carbonyl (C=O) groups is 2. The van der Waals surface area contributed by atoms with Gasteiger partial charge in [-0.2, -0.15) is 0 Å². The van der Waals surface area contributed by atoms with Gasteiger partial charge in [0.05, 0.1) is 0 Å². The van der Waals surface area contributed by atoms with E-state index in [9.17, 15) is 9.59 Å². The summed E-state index contributed by atoms with van der Waals surface area (Å²) in [7, 11) is 0. The summed E-state index contributed by atoms with van der Waals surface area (Å²) in [6.07, 6.45) is 6.06. The Balaban J connectivity index is 3.55. The Kier molecular flexibility index (Phi) is 9.33. The second-order valence-electron chi connectivity index (χ2n) is 5.18. The van der Waals surface area contributed by atoms with E-state index in [0.29, 0.717) is 6.42 Å². The number of hydrogen-bond acceptors (Lipinski definition) is 3. The molecule has 0 aromatic rings. The fourth-order valence-corrected chi connectivity index (χ4v) is 1.85. The Morgan fingerprint density at radius 1 is 1.00 bits per heavy atom. The number of carboxylic acid groups (broad SMARTS) is 1. The van der Waals surface area contributed by atoms with Gasteiger partial charge in [-0.15, -0.1) is 0 Å². The smallest absolute Gasteiger partial charge is 0.345 e. The largest absolute Gasteiger partial charge is 0.479 e. The van der Waals surface area contributed by atoms with E-state index in [0.717, 1.165) is 25.2 Å². The highest BCUT2D eigenvalue weighted by Gasteiger charge is 2.19. The number of rotatable bonds is 10. The van der Waals surface area contributed by atoms with Crippen molar-refractivity contribution < 1.29 is 19.4 Å². The molecule has 1 unspecified atom stereocenters. The molecule has 0 aromatic carbocycles. The maximum Gasteiger partial charge on any atom is 0.345 e. The van der Waals surface area contributed by atoms with Crippen molar-refractivity contribution in [1.82, 2.24) is 0 Å². The predicted octanol–water partition coefficient (Wildman–Crippen LogP) is 3.39. The molecule has 4 heteroatoms. The SMILES string of the molecule is CC(=O)OC(CCCCCCCC(C)C)C(=O)O. The lowest BCUT2D eigenvalue weighted by molar-refractivity contribution is -0.163. The Hall–Kier alpha value is -1.06. The Morgan fingerprint density at radius 3 is 1.94 bits per heavy atom. The number of aliphatic carboxylic acids is 1. The summed E-state index contributed by atoms with van der Waals surface area (Å²) in [5, 5.41) is 8.85. The van der Waals surface area contributed by atoms with E-state index in [1.165, 1.54) is 26.2 Å². The number of ether oxygens (including phenoxy) is 1. The van der Waals surface area contributed by atoms with Crippen LogP contribution in [-0.2, 0) is 14.3 Å². The molecule has 0 rings (SSSR count). The molecular weight excluding hydrogens is 232 g/mol. The van der Waals surface area contributed by atoms with Gasteiger partial charge in [-0.1, -0.05) is 46.0 Å². The van der Waals surface area contributed by atoms with E-state index in [1.807, 2.05) is 0 Å². The van der Waals surface area contributed by atoms with Crippen LogP contribution in [0, 0.1) is 5.92 Å². The van der Waals surface area contributed by atoms with E-state index in [2.05, 4.69) is 13.8 Å². The molecule has 0 aliphatic carbocycles. The van der Waals surface area contributed by atoms with Crippen molar-refractivity contribution in [2.24, 2.45) is 5.92 Å². The minimum Gasteiger partial charge on any atom is -0.479 e. The molecule has 0 spiro atoms. The average Bonchev–Trinajstić information content (AvgIpc) is 2.25. The van der Waals surface area contributed by atoms with Gasteiger partial charge >= 0.3 is 11.9 Å². The second kappa shape index (κ2) is 9.92. The van der Waals surface area contributed by atoms with Crippen LogP contribution in [0.5, 0.6) is 0 Å². The van der Waals surface area contributed by atoms with Gasteiger partial charge in [-0.25, -0.2) is 4.79 Å². The maximum atomic E-state index is 10.8. The fourth-order valence-electron chi connectivity index (χ4n) is 1.85. The molecule has 18 heavy (non-hydrogen) atoms. The number of hydrogen-bond donors (Lipinski definition) is 1. The monoisotopic (exact) mass is 258 g/mol. The first-order valence-electron chi connectivity index (χ1n) is 6.83. The summed E-state index contributed by atoms with van der Waals surface area (Å²) in [4.78, 5) is 21.5. The first-order valence-corrected chi connectivity index (χ1v) is 6.83. The average molecular weight is 258 g/mol. The van der Waals surface area contributed by atoms with Gasteiger partial charge in [0, 0.05) is 6.92 Å². The third-order valence-corrected chi connectivity index (χ3v) is 2.83. The van der Waals surface area contributed by atoms with Crippen LogP contribution in [0.25, 0.3) is 0 Å². The van der Waals surface area contributed by atoms with E-state index >= 15 is 0 Å². The molecule has 0 aliphatic rings. The summed E-state index contributed by atoms with van der Waals surface area (Å²) in [5.74, 6) is -0.824. The predicted molar refractivity (Wildman–Crippen MR) is 70.3 cm³/mol. The van der Waals surface area contributed by atoms with Crippen molar-refractivity contribution in [3.63, 3.8) is 0 Å². The van der Waals surface area contributed by atoms with E-state index < -0.39 is 18.0 Å². The highest BCUT2D eigenvalue weighted by atomic mass is 16.6. The molecule has 0 saturated heterocycles. The van der Waals surface area contributed by atoms with Gasteiger partial charge in [0.1, 0.15) is 0 Å². The Labute approximate surface area is 110 Å². The first kappa shape index (κ1) is 16.9. The van der Waals surface area contributed by atoms with E-state index in [4.69, 9.17) is 9.84 Å². The van der Waals surface area contributed by atoms with Crippen LogP contribution in [0.3, 0.4) is 0 Å². The fraction of sp³-hybridized carbons (Fsp3) is 0.857. The molecule has 1 atom stereocenters. The molecule has 1 N–H and O–H groups in total. The van der Waals surface area contributed by atoms with Crippen molar-refractivity contribution in [2.45, 2.75) is 71.8 Å². The summed E-state index contributed by atoms with van der Waals surface area (Å²) < 4.78 is 4.73. The molecule has 0 amide bonds. The number of carboxylic acids is 1. The lowest BCUT2D eigenvalue weighted by Crippen LogP contribution is -2.25. The highest BCUT2D eigenvalue weighted by Crippen LogP contribution is 2.13. The van der Waals surface area contributed by atoms with Crippen molar-refractivity contribution >= 4 is 11.9 Å². The molecule has 0 fully saturated rings. The third-order valence-electron chi connectivity index (χ3n) is 2.83. The summed E-state index contributed by atoms with van der Waals surface area (Å²) in [5.41, 5.74) is 0. The lowest BCUT2D eigenvalue weighted by Gasteiger charge is -2.12. The van der Waals surface area contributed by atoms with Crippen molar-refractivity contribution in [2.75, 3.05) is 0 Å². The van der Waals surface area contributed by atoms with Gasteiger partial charge in [-0.05, 0) is 18.8 Å². The molecule has 4 nitrogen and oxygen atoms in total. The minimum absolute atomic E-state index is 0.416. The van der Waals surface area contributed by atoms with Crippen LogP contribution in [0.4, 0.5) is 0 Å². The van der Waals surface area contributed by atoms with Crippen LogP contribution in [0.15, 0.2) is 0 Å². The highest BCUT2D eigenvalue weighted by molar-refractivity contribution is 5.76. The molecule has 0 radical (unpaired) electrons. The normalized spacial score (nSPS) is 12.4. The molecule has 0 aromatic heterocycles. The molecule has 0 aliphatic heterocycles. The topological polar surface area (TPSA) is 63.6 Å². The molecule has 0 bridgehead atoms. The number of carbonyl (C=O) groups excluding carboxylic acids is 1. The van der Waals surface area contributed by atoms with E-state index in [1.54, 1.807) is 0 Å². The zero-order valence-corrected chi connectivity index (χ0v) is 11.8. The van der Waals surface area contributed by atoms with Crippen molar-refractivity contribution in [3.05, 3.63) is 0 Å². The van der Waals surface area contributed by atoms with Gasteiger partial charge in [-0.3, -0.25) is 4.79 Å². The summed E-state index contributed by atoms with van der Waals surface area (Å²) in [6.45, 7) is 5.68. The second-order valence-corrected chi connectivity index (χ2v) is 5.18. The number of esters is 1. The zero-order chi connectivity index (χ0) is 14.0. The quantitative estimate of drug-likeness (QED) is 0.482. The van der Waals surface area contributed by atoms with Crippen molar-refractivity contribution in [3.8, 4) is 0 Å². The summed E-state index contributed by atoms with van der Waals surface area (Å²) in [6, 6.07) is 0. The standard InChI is InChI=1S/C14H26O4/c1-11(2)9-7-5-4-6-8-10-13(14(16)17)18-12(3)15/h11,13H,4-10H2,1-3H3,(H,16,17). The Morgan fingerprint density at radius 2 is 1.50 bits per heavy atom. The van der Waals surface area contributed by atoms with Crippen LogP contribution in [0.2, 0.25) is 0 Å². The van der Waals surface area contributed by atoms with Crippen LogP contribution >= 0.6 is 0 Å². The minimum atomic E-state index is -1.05. The van der Waals surface area contributed by atoms with E-state index in [-0.39, 0.29) is 0 Å². The van der Waals surface area contributed by atoms with Crippen molar-refractivity contribution in [1.29, 1.82) is 0 Å². The van der Waals surface area contributed by atoms with Gasteiger partial charge in [0.2, 0.25) is 0 Å². The maximum absolute atomic E-state index is 10.8. The third kappa shape index (κ3) is 10.1. The zero-order valence-electron chi connectivity index (χ0n) is 11.8. The van der Waals surface area contributed by atoms with Gasteiger partial charge in [0.15, 0.2) is 6.10 Å². The Bertz CT molecular complexity index is 248. The van der Waals surface area contributed by atoms with Crippen LogP contribution in [0.1, 0.15) is 65.7 Å². The van der Waals surface area contributed by atoms with Gasteiger partial charge in [0.25, 0.3) is 0 Å². The van der Waals surface area contributed by atoms with Gasteiger partial charge < -0.3 is 9.84 Å². The molecular formula is C14H26O4. The van der Waals surface area contributed by atoms with Crippen LogP contribution < -0.4 is 0 Å². The molecule has 0 heterocycles. The number of unbranched alkanes of at least 4 members (excludes halogenated alkanes) is 4.